The lowest BCUT2D eigenvalue weighted by molar-refractivity contribution is 0.265. The number of thiophene rings is 1. The van der Waals surface area contributed by atoms with Gasteiger partial charge in [-0.15, -0.1) is 11.3 Å². The molecule has 0 amide bonds. The fraction of sp³-hybridized carbons (Fsp3) is 0.273. The Morgan fingerprint density at radius 2 is 2.14 bits per heavy atom. The maximum Gasteiger partial charge on any atom is 0.0585 e. The molecule has 2 aromatic rings. The maximum absolute atomic E-state index is 8.88. The van der Waals surface area contributed by atoms with Gasteiger partial charge in [0, 0.05) is 10.7 Å². The van der Waals surface area contributed by atoms with Crippen molar-refractivity contribution in [2.24, 2.45) is 5.73 Å². The number of aliphatic hydroxyl groups excluding tert-OH is 1. The topological polar surface area (TPSA) is 46.2 Å². The van der Waals surface area contributed by atoms with E-state index in [0.717, 1.165) is 6.42 Å². The van der Waals surface area contributed by atoms with Gasteiger partial charge < -0.3 is 10.8 Å². The van der Waals surface area contributed by atoms with Crippen LogP contribution in [0.3, 0.4) is 0 Å². The van der Waals surface area contributed by atoms with Crippen LogP contribution in [-0.2, 0) is 6.42 Å². The first-order valence-electron chi connectivity index (χ1n) is 4.63. The van der Waals surface area contributed by atoms with Crippen LogP contribution in [0, 0.1) is 0 Å². The van der Waals surface area contributed by atoms with E-state index in [1.54, 1.807) is 11.3 Å². The fourth-order valence-corrected chi connectivity index (χ4v) is 2.51. The summed E-state index contributed by atoms with van der Waals surface area (Å²) in [6, 6.07) is 8.13. The van der Waals surface area contributed by atoms with Crippen LogP contribution in [0.2, 0.25) is 0 Å². The van der Waals surface area contributed by atoms with Gasteiger partial charge in [-0.05, 0) is 28.8 Å². The SMILES string of the molecule is N[C@@H](CO)Cc1csc2ccccc12. The van der Waals surface area contributed by atoms with E-state index in [9.17, 15) is 0 Å². The first-order chi connectivity index (χ1) is 6.81. The number of hydrogen-bond acceptors (Lipinski definition) is 3. The highest BCUT2D eigenvalue weighted by Gasteiger charge is 2.07. The Labute approximate surface area is 87.0 Å². The van der Waals surface area contributed by atoms with Crippen molar-refractivity contribution >= 4 is 21.4 Å². The molecule has 0 unspecified atom stereocenters. The zero-order valence-electron chi connectivity index (χ0n) is 7.81. The number of nitrogens with two attached hydrogens (primary N) is 1. The van der Waals surface area contributed by atoms with Crippen molar-refractivity contribution in [3.63, 3.8) is 0 Å². The van der Waals surface area contributed by atoms with Crippen molar-refractivity contribution in [2.75, 3.05) is 6.61 Å². The summed E-state index contributed by atoms with van der Waals surface area (Å²) in [5.41, 5.74) is 6.95. The molecule has 1 heterocycles. The minimum Gasteiger partial charge on any atom is -0.395 e. The van der Waals surface area contributed by atoms with Gasteiger partial charge in [-0.1, -0.05) is 18.2 Å². The third-order valence-corrected chi connectivity index (χ3v) is 3.29. The zero-order valence-corrected chi connectivity index (χ0v) is 8.63. The van der Waals surface area contributed by atoms with Gasteiger partial charge in [0.1, 0.15) is 0 Å². The Hall–Kier alpha value is -0.900. The van der Waals surface area contributed by atoms with E-state index in [1.807, 2.05) is 12.1 Å². The molecular formula is C11H13NOS. The van der Waals surface area contributed by atoms with Crippen molar-refractivity contribution in [3.8, 4) is 0 Å². The molecule has 3 heteroatoms. The van der Waals surface area contributed by atoms with Crippen LogP contribution in [0.15, 0.2) is 29.6 Å². The second-order valence-electron chi connectivity index (χ2n) is 3.40. The lowest BCUT2D eigenvalue weighted by Gasteiger charge is -2.06. The highest BCUT2D eigenvalue weighted by molar-refractivity contribution is 7.17. The lowest BCUT2D eigenvalue weighted by atomic mass is 10.1. The standard InChI is InChI=1S/C11H13NOS/c12-9(6-13)5-8-7-14-11-4-2-1-3-10(8)11/h1-4,7,9,13H,5-6,12H2/t9-/m1/s1. The first-order valence-corrected chi connectivity index (χ1v) is 5.51. The molecule has 14 heavy (non-hydrogen) atoms. The molecule has 0 aliphatic rings. The van der Waals surface area contributed by atoms with Crippen molar-refractivity contribution in [2.45, 2.75) is 12.5 Å². The highest BCUT2D eigenvalue weighted by atomic mass is 32.1. The third-order valence-electron chi connectivity index (χ3n) is 2.28. The van der Waals surface area contributed by atoms with Crippen molar-refractivity contribution in [3.05, 3.63) is 35.2 Å². The van der Waals surface area contributed by atoms with E-state index < -0.39 is 0 Å². The Bertz CT molecular complexity index is 424. The van der Waals surface area contributed by atoms with Crippen LogP contribution in [0.1, 0.15) is 5.56 Å². The Morgan fingerprint density at radius 1 is 1.36 bits per heavy atom. The van der Waals surface area contributed by atoms with Crippen LogP contribution in [0.5, 0.6) is 0 Å². The maximum atomic E-state index is 8.88. The molecule has 0 saturated carbocycles. The van der Waals surface area contributed by atoms with Gasteiger partial charge in [0.05, 0.1) is 6.61 Å². The Kier molecular flexibility index (Phi) is 2.82. The zero-order chi connectivity index (χ0) is 9.97. The van der Waals surface area contributed by atoms with Crippen LogP contribution in [0.25, 0.3) is 10.1 Å². The minimum absolute atomic E-state index is 0.0458. The number of benzene rings is 1. The van der Waals surface area contributed by atoms with E-state index >= 15 is 0 Å². The molecule has 0 aliphatic heterocycles. The summed E-state index contributed by atoms with van der Waals surface area (Å²) in [6.45, 7) is 0.0458. The van der Waals surface area contributed by atoms with Crippen LogP contribution >= 0.6 is 11.3 Å². The first kappa shape index (κ1) is 9.65. The molecule has 0 bridgehead atoms. The van der Waals surface area contributed by atoms with E-state index in [0.29, 0.717) is 0 Å². The predicted molar refractivity (Wildman–Crippen MR) is 60.6 cm³/mol. The highest BCUT2D eigenvalue weighted by Crippen LogP contribution is 2.26. The molecule has 0 saturated heterocycles. The van der Waals surface area contributed by atoms with Crippen molar-refractivity contribution in [1.82, 2.24) is 0 Å². The van der Waals surface area contributed by atoms with Gasteiger partial charge in [-0.25, -0.2) is 0 Å². The molecule has 0 spiro atoms. The second kappa shape index (κ2) is 4.09. The molecule has 1 aromatic carbocycles. The van der Waals surface area contributed by atoms with Crippen molar-refractivity contribution in [1.29, 1.82) is 0 Å². The summed E-state index contributed by atoms with van der Waals surface area (Å²) in [5.74, 6) is 0. The quantitative estimate of drug-likeness (QED) is 0.805. The molecular weight excluding hydrogens is 194 g/mol. The number of aliphatic hydroxyl groups is 1. The molecule has 0 aliphatic carbocycles. The summed E-state index contributed by atoms with van der Waals surface area (Å²) in [4.78, 5) is 0. The monoisotopic (exact) mass is 207 g/mol. The van der Waals surface area contributed by atoms with Gasteiger partial charge in [0.25, 0.3) is 0 Å². The molecule has 2 nitrogen and oxygen atoms in total. The van der Waals surface area contributed by atoms with Gasteiger partial charge in [0.2, 0.25) is 0 Å². The summed E-state index contributed by atoms with van der Waals surface area (Å²) in [5, 5.41) is 12.3. The molecule has 1 atom stereocenters. The summed E-state index contributed by atoms with van der Waals surface area (Å²) in [6.07, 6.45) is 0.751. The molecule has 3 N–H and O–H groups in total. The van der Waals surface area contributed by atoms with Crippen LogP contribution in [0.4, 0.5) is 0 Å². The summed E-state index contributed by atoms with van der Waals surface area (Å²) < 4.78 is 1.28. The van der Waals surface area contributed by atoms with Gasteiger partial charge in [-0.2, -0.15) is 0 Å². The Morgan fingerprint density at radius 3 is 2.93 bits per heavy atom. The van der Waals surface area contributed by atoms with E-state index in [2.05, 4.69) is 17.5 Å². The van der Waals surface area contributed by atoms with Gasteiger partial charge in [-0.3, -0.25) is 0 Å². The summed E-state index contributed by atoms with van der Waals surface area (Å²) >= 11 is 1.73. The van der Waals surface area contributed by atoms with Crippen LogP contribution in [-0.4, -0.2) is 17.8 Å². The molecule has 0 radical (unpaired) electrons. The molecule has 74 valence electrons. The number of rotatable bonds is 3. The van der Waals surface area contributed by atoms with E-state index in [4.69, 9.17) is 10.8 Å². The third kappa shape index (κ3) is 1.80. The Balaban J connectivity index is 2.33. The number of hydrogen-bond donors (Lipinski definition) is 2. The number of fused-ring (bicyclic) bond motifs is 1. The second-order valence-corrected chi connectivity index (χ2v) is 4.32. The largest absolute Gasteiger partial charge is 0.395 e. The summed E-state index contributed by atoms with van der Waals surface area (Å²) in [7, 11) is 0. The molecule has 0 fully saturated rings. The minimum atomic E-state index is -0.145. The predicted octanol–water partition coefficient (Wildman–Crippen LogP) is 1.76. The van der Waals surface area contributed by atoms with Crippen LogP contribution < -0.4 is 5.73 Å². The van der Waals surface area contributed by atoms with Gasteiger partial charge in [0.15, 0.2) is 0 Å². The van der Waals surface area contributed by atoms with Gasteiger partial charge >= 0.3 is 0 Å². The fourth-order valence-electron chi connectivity index (χ4n) is 1.54. The lowest BCUT2D eigenvalue weighted by Crippen LogP contribution is -2.26. The van der Waals surface area contributed by atoms with E-state index in [-0.39, 0.29) is 12.6 Å². The smallest absolute Gasteiger partial charge is 0.0585 e. The normalized spacial score (nSPS) is 13.3. The molecule has 2 rings (SSSR count). The van der Waals surface area contributed by atoms with E-state index in [1.165, 1.54) is 15.6 Å². The van der Waals surface area contributed by atoms with Crippen molar-refractivity contribution < 1.29 is 5.11 Å². The molecule has 1 aromatic heterocycles. The average molecular weight is 207 g/mol. The average Bonchev–Trinajstić information content (AvgIpc) is 2.62.